The Hall–Kier alpha value is -0.590. The molecule has 0 spiro atoms. The number of piperidine rings is 1. The molecule has 1 heterocycles. The average molecular weight is 263 g/mol. The maximum absolute atomic E-state index is 9.18. The molecule has 108 valence electrons. The van der Waals surface area contributed by atoms with E-state index in [-0.39, 0.29) is 5.54 Å². The summed E-state index contributed by atoms with van der Waals surface area (Å²) in [5, 5.41) is 12.3. The minimum atomic E-state index is -0.345. The van der Waals surface area contributed by atoms with Crippen molar-refractivity contribution in [2.24, 2.45) is 5.92 Å². The molecule has 19 heavy (non-hydrogen) atoms. The first-order valence-electron chi connectivity index (χ1n) is 8.03. The third-order valence-electron chi connectivity index (χ3n) is 5.28. The van der Waals surface area contributed by atoms with Crippen molar-refractivity contribution >= 4 is 0 Å². The van der Waals surface area contributed by atoms with Crippen LogP contribution in [0.1, 0.15) is 58.3 Å². The standard InChI is InChI=1S/C16H29N3/c1-16(13-17,18-2)10-6-12-19-11-5-8-14-7-3-4-9-15(14)19/h14-15,18H,3-12H2,1-2H3. The fraction of sp³-hybridized carbons (Fsp3) is 0.938. The predicted molar refractivity (Wildman–Crippen MR) is 78.9 cm³/mol. The second-order valence-corrected chi connectivity index (χ2v) is 6.59. The lowest BCUT2D eigenvalue weighted by molar-refractivity contribution is 0.0586. The van der Waals surface area contributed by atoms with Crippen LogP contribution in [0.2, 0.25) is 0 Å². The third-order valence-corrected chi connectivity index (χ3v) is 5.28. The van der Waals surface area contributed by atoms with E-state index in [0.717, 1.165) is 24.8 Å². The fourth-order valence-electron chi connectivity index (χ4n) is 3.88. The quantitative estimate of drug-likeness (QED) is 0.829. The molecule has 0 aromatic rings. The smallest absolute Gasteiger partial charge is 0.103 e. The number of nitriles is 1. The molecule has 0 bridgehead atoms. The number of nitrogens with zero attached hydrogens (tertiary/aromatic N) is 2. The predicted octanol–water partition coefficient (Wildman–Crippen LogP) is 2.92. The zero-order chi connectivity index (χ0) is 13.7. The van der Waals surface area contributed by atoms with Crippen LogP contribution in [0, 0.1) is 17.2 Å². The van der Waals surface area contributed by atoms with E-state index in [0.29, 0.717) is 0 Å². The third kappa shape index (κ3) is 3.70. The largest absolute Gasteiger partial charge is 0.303 e. The number of fused-ring (bicyclic) bond motifs is 1. The lowest BCUT2D eigenvalue weighted by Crippen LogP contribution is -2.47. The van der Waals surface area contributed by atoms with Crippen molar-refractivity contribution < 1.29 is 0 Å². The molecule has 3 nitrogen and oxygen atoms in total. The van der Waals surface area contributed by atoms with Crippen molar-refractivity contribution in [1.29, 1.82) is 5.26 Å². The van der Waals surface area contributed by atoms with E-state index in [1.54, 1.807) is 0 Å². The summed E-state index contributed by atoms with van der Waals surface area (Å²) in [5.41, 5.74) is -0.345. The van der Waals surface area contributed by atoms with Crippen LogP contribution in [0.5, 0.6) is 0 Å². The highest BCUT2D eigenvalue weighted by Crippen LogP contribution is 2.35. The fourth-order valence-corrected chi connectivity index (χ4v) is 3.88. The molecule has 1 saturated heterocycles. The number of hydrogen-bond donors (Lipinski definition) is 1. The Morgan fingerprint density at radius 3 is 2.74 bits per heavy atom. The first-order chi connectivity index (χ1) is 9.18. The molecular weight excluding hydrogens is 234 g/mol. The van der Waals surface area contributed by atoms with Gasteiger partial charge in [0.15, 0.2) is 0 Å². The van der Waals surface area contributed by atoms with Crippen LogP contribution in [0.4, 0.5) is 0 Å². The van der Waals surface area contributed by atoms with Gasteiger partial charge < -0.3 is 10.2 Å². The van der Waals surface area contributed by atoms with Gasteiger partial charge in [0.2, 0.25) is 0 Å². The zero-order valence-electron chi connectivity index (χ0n) is 12.6. The first kappa shape index (κ1) is 14.8. The van der Waals surface area contributed by atoms with E-state index < -0.39 is 0 Å². The van der Waals surface area contributed by atoms with E-state index >= 15 is 0 Å². The van der Waals surface area contributed by atoms with Gasteiger partial charge in [-0.15, -0.1) is 0 Å². The Labute approximate surface area is 118 Å². The summed E-state index contributed by atoms with van der Waals surface area (Å²) in [6.07, 6.45) is 10.6. The molecule has 1 aliphatic heterocycles. The SMILES string of the molecule is CNC(C)(C#N)CCCN1CCCC2CCCCC21. The van der Waals surface area contributed by atoms with Crippen LogP contribution >= 0.6 is 0 Å². The molecule has 1 aliphatic carbocycles. The molecular formula is C16H29N3. The summed E-state index contributed by atoms with van der Waals surface area (Å²) in [6, 6.07) is 3.24. The highest BCUT2D eigenvalue weighted by molar-refractivity contribution is 5.02. The van der Waals surface area contributed by atoms with Gasteiger partial charge in [-0.05, 0) is 71.5 Å². The Bertz CT molecular complexity index is 320. The average Bonchev–Trinajstić information content (AvgIpc) is 2.47. The first-order valence-corrected chi connectivity index (χ1v) is 8.03. The summed E-state index contributed by atoms with van der Waals surface area (Å²) in [7, 11) is 1.89. The van der Waals surface area contributed by atoms with Gasteiger partial charge >= 0.3 is 0 Å². The molecule has 0 aromatic carbocycles. The lowest BCUT2D eigenvalue weighted by Gasteiger charge is -2.44. The molecule has 2 fully saturated rings. The van der Waals surface area contributed by atoms with Crippen LogP contribution in [0.25, 0.3) is 0 Å². The van der Waals surface area contributed by atoms with Crippen molar-refractivity contribution in [3.8, 4) is 6.07 Å². The van der Waals surface area contributed by atoms with Gasteiger partial charge in [0.1, 0.15) is 5.54 Å². The van der Waals surface area contributed by atoms with Crippen LogP contribution in [0.3, 0.4) is 0 Å². The van der Waals surface area contributed by atoms with Crippen LogP contribution < -0.4 is 5.32 Å². The van der Waals surface area contributed by atoms with Gasteiger partial charge in [0.05, 0.1) is 6.07 Å². The Morgan fingerprint density at radius 1 is 1.26 bits per heavy atom. The summed E-state index contributed by atoms with van der Waals surface area (Å²) in [6.45, 7) is 4.47. The van der Waals surface area contributed by atoms with E-state index in [2.05, 4.69) is 16.3 Å². The zero-order valence-corrected chi connectivity index (χ0v) is 12.6. The maximum atomic E-state index is 9.18. The maximum Gasteiger partial charge on any atom is 0.103 e. The summed E-state index contributed by atoms with van der Waals surface area (Å²) in [4.78, 5) is 2.72. The molecule has 2 rings (SSSR count). The molecule has 1 saturated carbocycles. The van der Waals surface area contributed by atoms with Gasteiger partial charge in [0, 0.05) is 6.04 Å². The highest BCUT2D eigenvalue weighted by Gasteiger charge is 2.33. The molecule has 0 radical (unpaired) electrons. The Morgan fingerprint density at radius 2 is 2.00 bits per heavy atom. The van der Waals surface area contributed by atoms with E-state index in [1.165, 1.54) is 51.6 Å². The molecule has 0 amide bonds. The van der Waals surface area contributed by atoms with Crippen molar-refractivity contribution in [2.75, 3.05) is 20.1 Å². The normalized spacial score (nSPS) is 31.2. The number of nitrogens with one attached hydrogen (secondary N) is 1. The number of likely N-dealkylation sites (tertiary alicyclic amines) is 1. The van der Waals surface area contributed by atoms with Gasteiger partial charge in [-0.25, -0.2) is 0 Å². The van der Waals surface area contributed by atoms with Gasteiger partial charge in [-0.3, -0.25) is 0 Å². The minimum Gasteiger partial charge on any atom is -0.303 e. The number of rotatable bonds is 5. The molecule has 3 atom stereocenters. The topological polar surface area (TPSA) is 39.1 Å². The Balaban J connectivity index is 1.80. The molecule has 0 aromatic heterocycles. The van der Waals surface area contributed by atoms with Gasteiger partial charge in [-0.1, -0.05) is 12.8 Å². The summed E-state index contributed by atoms with van der Waals surface area (Å²) in [5.74, 6) is 0.967. The van der Waals surface area contributed by atoms with Crippen molar-refractivity contribution in [3.63, 3.8) is 0 Å². The van der Waals surface area contributed by atoms with Crippen LogP contribution in [-0.2, 0) is 0 Å². The van der Waals surface area contributed by atoms with E-state index in [1.807, 2.05) is 14.0 Å². The molecule has 1 N–H and O–H groups in total. The minimum absolute atomic E-state index is 0.345. The second kappa shape index (κ2) is 6.72. The summed E-state index contributed by atoms with van der Waals surface area (Å²) < 4.78 is 0. The Kier molecular flexibility index (Phi) is 5.24. The number of hydrogen-bond acceptors (Lipinski definition) is 3. The van der Waals surface area contributed by atoms with Crippen LogP contribution in [0.15, 0.2) is 0 Å². The van der Waals surface area contributed by atoms with E-state index in [9.17, 15) is 5.26 Å². The van der Waals surface area contributed by atoms with Crippen LogP contribution in [-0.4, -0.2) is 36.6 Å². The molecule has 2 aliphatic rings. The van der Waals surface area contributed by atoms with Gasteiger partial charge in [-0.2, -0.15) is 5.26 Å². The summed E-state index contributed by atoms with van der Waals surface area (Å²) >= 11 is 0. The second-order valence-electron chi connectivity index (χ2n) is 6.59. The molecule has 3 heteroatoms. The highest BCUT2D eigenvalue weighted by atomic mass is 15.2. The molecule has 3 unspecified atom stereocenters. The van der Waals surface area contributed by atoms with Crippen molar-refractivity contribution in [3.05, 3.63) is 0 Å². The van der Waals surface area contributed by atoms with Gasteiger partial charge in [0.25, 0.3) is 0 Å². The van der Waals surface area contributed by atoms with Crippen molar-refractivity contribution in [1.82, 2.24) is 10.2 Å². The monoisotopic (exact) mass is 263 g/mol. The van der Waals surface area contributed by atoms with E-state index in [4.69, 9.17) is 0 Å². The lowest BCUT2D eigenvalue weighted by atomic mass is 9.78. The van der Waals surface area contributed by atoms with Crippen molar-refractivity contribution in [2.45, 2.75) is 69.9 Å².